The van der Waals surface area contributed by atoms with E-state index < -0.39 is 69.5 Å². The molecule has 0 spiro atoms. The molecule has 2 aliphatic carbocycles. The van der Waals surface area contributed by atoms with E-state index in [1.807, 2.05) is 36.4 Å². The second-order valence-electron chi connectivity index (χ2n) is 14.3. The number of fused-ring (bicyclic) bond motifs is 4. The van der Waals surface area contributed by atoms with Gasteiger partial charge in [0.25, 0.3) is 11.8 Å². The van der Waals surface area contributed by atoms with Crippen molar-refractivity contribution in [2.45, 2.75) is 43.8 Å². The van der Waals surface area contributed by atoms with Crippen LogP contribution in [0.1, 0.15) is 47.9 Å². The largest absolute Gasteiger partial charge is 0.504 e. The van der Waals surface area contributed by atoms with Crippen LogP contribution in [0.3, 0.4) is 0 Å². The number of carbonyl (C=O) groups excluding carboxylic acids is 4. The molecule has 1 saturated carbocycles. The molecular formula is C41H33Cl2F3N4O6. The zero-order valence-electron chi connectivity index (χ0n) is 29.6. The number of para-hydroxylation sites is 1. The molecule has 0 bridgehead atoms. The fourth-order valence-corrected chi connectivity index (χ4v) is 9.49. The van der Waals surface area contributed by atoms with E-state index in [-0.39, 0.29) is 54.8 Å². The Hall–Kier alpha value is -5.40. The highest BCUT2D eigenvalue weighted by atomic mass is 35.5. The number of aromatic nitrogens is 1. The number of phenolic OH excluding ortho intramolecular Hbond substituents is 1. The molecule has 2 N–H and O–H groups in total. The van der Waals surface area contributed by atoms with Gasteiger partial charge in [0.15, 0.2) is 17.3 Å². The molecular weight excluding hydrogens is 772 g/mol. The Morgan fingerprint density at radius 1 is 0.946 bits per heavy atom. The van der Waals surface area contributed by atoms with E-state index in [2.05, 4.69) is 10.4 Å². The molecule has 3 aromatic carbocycles. The van der Waals surface area contributed by atoms with Crippen LogP contribution in [0.4, 0.5) is 19.0 Å². The maximum atomic E-state index is 15.4. The summed E-state index contributed by atoms with van der Waals surface area (Å²) in [6.07, 6.45) is -2.29. The first-order valence-electron chi connectivity index (χ1n) is 17.9. The monoisotopic (exact) mass is 804 g/mol. The summed E-state index contributed by atoms with van der Waals surface area (Å²) in [6, 6.07) is 20.9. The number of alkyl halides is 3. The number of nitrogens with one attached hydrogen (secondary N) is 1. The van der Waals surface area contributed by atoms with Crippen molar-refractivity contribution in [3.8, 4) is 11.5 Å². The standard InChI is InChI=1S/C41H33Cl2F3N4O6/c1-2-56-31-10-6-9-27(34(31)51)33-25-15-16-26-32(38(54)49(36(26)52)20-21-7-4-3-5-8-21)28(25)18-29-37(53)50(39(55)40(29,33)22-11-13-24(42)14-12-22)48-35-30(43)17-23(19-47-35)41(44,45)46/h3-15,17,19,26,28-29,32-33,51H,2,16,18,20H2,1H3,(H,47,48). The lowest BCUT2D eigenvalue weighted by Crippen LogP contribution is -2.53. The predicted molar refractivity (Wildman–Crippen MR) is 198 cm³/mol. The van der Waals surface area contributed by atoms with Crippen molar-refractivity contribution in [2.24, 2.45) is 23.7 Å². The smallest absolute Gasteiger partial charge is 0.417 e. The average Bonchev–Trinajstić information content (AvgIpc) is 3.54. The minimum absolute atomic E-state index is 0.0579. The summed E-state index contributed by atoms with van der Waals surface area (Å²) < 4.78 is 46.3. The Kier molecular flexibility index (Phi) is 9.36. The van der Waals surface area contributed by atoms with Crippen LogP contribution in [-0.2, 0) is 37.3 Å². The molecule has 3 heterocycles. The Bertz CT molecular complexity index is 2310. The number of benzene rings is 3. The van der Waals surface area contributed by atoms with Crippen molar-refractivity contribution < 1.29 is 42.2 Å². The Morgan fingerprint density at radius 3 is 2.36 bits per heavy atom. The number of likely N-dealkylation sites (tertiary alicyclic amines) is 1. The molecule has 15 heteroatoms. The van der Waals surface area contributed by atoms with Gasteiger partial charge in [0.1, 0.15) is 0 Å². The molecule has 288 valence electrons. The number of amides is 4. The van der Waals surface area contributed by atoms with Gasteiger partial charge in [0, 0.05) is 22.7 Å². The van der Waals surface area contributed by atoms with Crippen molar-refractivity contribution in [1.82, 2.24) is 14.9 Å². The van der Waals surface area contributed by atoms with Gasteiger partial charge in [-0.25, -0.2) is 4.98 Å². The number of allylic oxidation sites excluding steroid dienone is 2. The van der Waals surface area contributed by atoms with Gasteiger partial charge < -0.3 is 9.84 Å². The van der Waals surface area contributed by atoms with Crippen LogP contribution in [-0.4, -0.2) is 50.2 Å². The van der Waals surface area contributed by atoms with Crippen LogP contribution in [0.25, 0.3) is 0 Å². The first-order chi connectivity index (χ1) is 26.8. The number of rotatable bonds is 8. The highest BCUT2D eigenvalue weighted by Crippen LogP contribution is 2.65. The topological polar surface area (TPSA) is 129 Å². The zero-order valence-corrected chi connectivity index (χ0v) is 31.1. The second-order valence-corrected chi connectivity index (χ2v) is 15.1. The number of hydrogen-bond donors (Lipinski definition) is 2. The van der Waals surface area contributed by atoms with Gasteiger partial charge in [-0.15, -0.1) is 0 Å². The maximum absolute atomic E-state index is 15.4. The SMILES string of the molecule is CCOc1cccc(C2C3=CCC4C(=O)N(Cc5ccccc5)C(=O)C4C3CC3C(=O)N(Nc4ncc(C(F)(F)F)cc4Cl)C(=O)C32c2ccc(Cl)cc2)c1O. The number of hydrogen-bond acceptors (Lipinski definition) is 8. The average molecular weight is 806 g/mol. The Balaban J connectivity index is 1.31. The van der Waals surface area contributed by atoms with E-state index in [1.54, 1.807) is 49.4 Å². The molecule has 10 nitrogen and oxygen atoms in total. The molecule has 2 aliphatic heterocycles. The van der Waals surface area contributed by atoms with Crippen molar-refractivity contribution in [3.05, 3.63) is 129 Å². The number of aromatic hydroxyl groups is 1. The molecule has 4 aliphatic rings. The lowest BCUT2D eigenvalue weighted by atomic mass is 9.49. The maximum Gasteiger partial charge on any atom is 0.417 e. The molecule has 56 heavy (non-hydrogen) atoms. The minimum atomic E-state index is -4.76. The lowest BCUT2D eigenvalue weighted by molar-refractivity contribution is -0.142. The molecule has 4 aromatic rings. The molecule has 8 rings (SSSR count). The summed E-state index contributed by atoms with van der Waals surface area (Å²) in [5.41, 5.74) is 1.58. The zero-order chi connectivity index (χ0) is 39.7. The molecule has 1 aromatic heterocycles. The third-order valence-corrected chi connectivity index (χ3v) is 12.0. The van der Waals surface area contributed by atoms with E-state index in [4.69, 9.17) is 27.9 Å². The molecule has 6 unspecified atom stereocenters. The summed E-state index contributed by atoms with van der Waals surface area (Å²) in [4.78, 5) is 63.7. The van der Waals surface area contributed by atoms with E-state index in [0.29, 0.717) is 33.4 Å². The number of carbonyl (C=O) groups is 4. The van der Waals surface area contributed by atoms with Crippen LogP contribution in [0, 0.1) is 23.7 Å². The van der Waals surface area contributed by atoms with Crippen molar-refractivity contribution >= 4 is 52.6 Å². The number of hydrazine groups is 1. The van der Waals surface area contributed by atoms with Crippen LogP contribution < -0.4 is 10.2 Å². The number of nitrogens with zero attached hydrogens (tertiary/aromatic N) is 3. The highest BCUT2D eigenvalue weighted by molar-refractivity contribution is 6.33. The third kappa shape index (κ3) is 5.82. The number of pyridine rings is 1. The lowest BCUT2D eigenvalue weighted by Gasteiger charge is -2.50. The van der Waals surface area contributed by atoms with Gasteiger partial charge in [-0.1, -0.05) is 89.4 Å². The predicted octanol–water partition coefficient (Wildman–Crippen LogP) is 7.70. The van der Waals surface area contributed by atoms with Crippen molar-refractivity contribution in [2.75, 3.05) is 12.0 Å². The summed E-state index contributed by atoms with van der Waals surface area (Å²) in [5, 5.41) is 12.5. The number of phenols is 1. The van der Waals surface area contributed by atoms with Gasteiger partial charge >= 0.3 is 6.18 Å². The summed E-state index contributed by atoms with van der Waals surface area (Å²) in [7, 11) is 0. The van der Waals surface area contributed by atoms with Gasteiger partial charge in [0.2, 0.25) is 11.8 Å². The Morgan fingerprint density at radius 2 is 1.68 bits per heavy atom. The van der Waals surface area contributed by atoms with E-state index >= 15 is 4.79 Å². The van der Waals surface area contributed by atoms with E-state index in [1.165, 1.54) is 4.90 Å². The van der Waals surface area contributed by atoms with Crippen LogP contribution in [0.5, 0.6) is 11.5 Å². The summed E-state index contributed by atoms with van der Waals surface area (Å²) in [6.45, 7) is 2.00. The van der Waals surface area contributed by atoms with Crippen molar-refractivity contribution in [1.29, 1.82) is 0 Å². The van der Waals surface area contributed by atoms with Crippen molar-refractivity contribution in [3.63, 3.8) is 0 Å². The first-order valence-corrected chi connectivity index (χ1v) is 18.7. The fourth-order valence-electron chi connectivity index (χ4n) is 9.16. The first kappa shape index (κ1) is 37.5. The number of ether oxygens (including phenoxy) is 1. The normalized spacial score (nSPS) is 25.8. The van der Waals surface area contributed by atoms with Crippen LogP contribution >= 0.6 is 23.2 Å². The van der Waals surface area contributed by atoms with Gasteiger partial charge in [0.05, 0.1) is 46.9 Å². The third-order valence-electron chi connectivity index (χ3n) is 11.5. The number of anilines is 1. The minimum Gasteiger partial charge on any atom is -0.504 e. The second kappa shape index (κ2) is 14.0. The van der Waals surface area contributed by atoms with Gasteiger partial charge in [-0.05, 0) is 61.1 Å². The fraction of sp³-hybridized carbons (Fsp3) is 0.293. The molecule has 2 saturated heterocycles. The van der Waals surface area contributed by atoms with Crippen LogP contribution in [0.15, 0.2) is 96.7 Å². The number of halogens is 5. The highest BCUT2D eigenvalue weighted by Gasteiger charge is 2.70. The summed E-state index contributed by atoms with van der Waals surface area (Å²) >= 11 is 12.6. The van der Waals surface area contributed by atoms with Crippen LogP contribution in [0.2, 0.25) is 10.0 Å². The molecule has 0 radical (unpaired) electrons. The Labute approximate surface area is 328 Å². The van der Waals surface area contributed by atoms with Gasteiger partial charge in [-0.3, -0.25) is 29.5 Å². The molecule has 4 amide bonds. The van der Waals surface area contributed by atoms with E-state index in [0.717, 1.165) is 5.56 Å². The quantitative estimate of drug-likeness (QED) is 0.137. The van der Waals surface area contributed by atoms with Gasteiger partial charge in [-0.2, -0.15) is 18.2 Å². The molecule has 6 atom stereocenters. The molecule has 3 fully saturated rings. The summed E-state index contributed by atoms with van der Waals surface area (Å²) in [5.74, 6) is -7.56. The van der Waals surface area contributed by atoms with E-state index in [9.17, 15) is 32.7 Å². The number of imide groups is 2.